The molecule has 2 aromatic carbocycles. The molecule has 7 heteroatoms. The van der Waals surface area contributed by atoms with Gasteiger partial charge in [0.25, 0.3) is 0 Å². The van der Waals surface area contributed by atoms with Gasteiger partial charge in [-0.25, -0.2) is 13.2 Å². The van der Waals surface area contributed by atoms with Crippen molar-refractivity contribution in [2.45, 2.75) is 13.0 Å². The summed E-state index contributed by atoms with van der Waals surface area (Å²) in [6.45, 7) is 0.601. The Kier molecular flexibility index (Phi) is 6.23. The molecule has 0 aliphatic heterocycles. The zero-order valence-electron chi connectivity index (χ0n) is 13.0. The van der Waals surface area contributed by atoms with Gasteiger partial charge in [-0.1, -0.05) is 17.7 Å². The number of nitrogens with zero attached hydrogens (tertiary/aromatic N) is 1. The van der Waals surface area contributed by atoms with E-state index in [0.717, 1.165) is 12.1 Å². The number of hydrogen-bond acceptors (Lipinski definition) is 2. The number of nitrogens with one attached hydrogen (secondary N) is 1. The number of carbonyl (C=O) groups excluding carboxylic acids is 1. The molecule has 0 fully saturated rings. The minimum Gasteiger partial charge on any atom is -0.326 e. The predicted octanol–water partition coefficient (Wildman–Crippen LogP) is 4.22. The molecule has 2 aromatic rings. The Morgan fingerprint density at radius 1 is 1.12 bits per heavy atom. The van der Waals surface area contributed by atoms with Crippen molar-refractivity contribution in [1.29, 1.82) is 0 Å². The minimum absolute atomic E-state index is 0.113. The van der Waals surface area contributed by atoms with Crippen LogP contribution in [0.4, 0.5) is 18.9 Å². The number of hydrogen-bond donors (Lipinski definition) is 1. The Balaban J connectivity index is 1.86. The van der Waals surface area contributed by atoms with Crippen molar-refractivity contribution in [3.63, 3.8) is 0 Å². The number of amides is 1. The molecule has 0 heterocycles. The predicted molar refractivity (Wildman–Crippen MR) is 87.3 cm³/mol. The van der Waals surface area contributed by atoms with Crippen LogP contribution in [0.25, 0.3) is 0 Å². The highest BCUT2D eigenvalue weighted by molar-refractivity contribution is 6.31. The SMILES string of the molecule is CN(CCC(=O)Nc1ccc(F)c(F)c1)Cc1c(F)cccc1Cl. The van der Waals surface area contributed by atoms with Gasteiger partial charge in [0.05, 0.1) is 0 Å². The van der Waals surface area contributed by atoms with Gasteiger partial charge in [0, 0.05) is 41.9 Å². The highest BCUT2D eigenvalue weighted by atomic mass is 35.5. The lowest BCUT2D eigenvalue weighted by Gasteiger charge is -2.17. The third kappa shape index (κ3) is 4.97. The van der Waals surface area contributed by atoms with Gasteiger partial charge in [-0.2, -0.15) is 0 Å². The molecule has 1 amide bonds. The van der Waals surface area contributed by atoms with Gasteiger partial charge in [0.1, 0.15) is 5.82 Å². The van der Waals surface area contributed by atoms with Gasteiger partial charge in [-0.05, 0) is 31.3 Å². The first-order valence-electron chi connectivity index (χ1n) is 7.23. The molecule has 0 aromatic heterocycles. The van der Waals surface area contributed by atoms with Gasteiger partial charge < -0.3 is 10.2 Å². The molecular formula is C17H16ClF3N2O. The number of rotatable bonds is 6. The summed E-state index contributed by atoms with van der Waals surface area (Å²) in [4.78, 5) is 13.6. The van der Waals surface area contributed by atoms with E-state index in [-0.39, 0.29) is 24.6 Å². The zero-order valence-corrected chi connectivity index (χ0v) is 13.7. The van der Waals surface area contributed by atoms with Crippen LogP contribution in [-0.2, 0) is 11.3 Å². The van der Waals surface area contributed by atoms with Crippen LogP contribution in [0.1, 0.15) is 12.0 Å². The Morgan fingerprint density at radius 3 is 2.54 bits per heavy atom. The summed E-state index contributed by atoms with van der Waals surface area (Å²) >= 11 is 5.96. The van der Waals surface area contributed by atoms with Crippen LogP contribution >= 0.6 is 11.6 Å². The van der Waals surface area contributed by atoms with Gasteiger partial charge in [0.15, 0.2) is 11.6 Å². The number of anilines is 1. The van der Waals surface area contributed by atoms with E-state index >= 15 is 0 Å². The maximum Gasteiger partial charge on any atom is 0.225 e. The quantitative estimate of drug-likeness (QED) is 0.840. The van der Waals surface area contributed by atoms with E-state index in [0.29, 0.717) is 17.1 Å². The molecule has 0 aliphatic carbocycles. The van der Waals surface area contributed by atoms with Crippen LogP contribution in [0.5, 0.6) is 0 Å². The van der Waals surface area contributed by atoms with Crippen LogP contribution in [0.2, 0.25) is 5.02 Å². The molecule has 0 spiro atoms. The van der Waals surface area contributed by atoms with Crippen molar-refractivity contribution in [2.24, 2.45) is 0 Å². The van der Waals surface area contributed by atoms with E-state index in [2.05, 4.69) is 5.32 Å². The lowest BCUT2D eigenvalue weighted by molar-refractivity contribution is -0.116. The van der Waals surface area contributed by atoms with Crippen molar-refractivity contribution < 1.29 is 18.0 Å². The molecule has 0 bridgehead atoms. The van der Waals surface area contributed by atoms with E-state index in [1.165, 1.54) is 18.2 Å². The number of benzene rings is 2. The van der Waals surface area contributed by atoms with Crippen molar-refractivity contribution in [3.8, 4) is 0 Å². The van der Waals surface area contributed by atoms with Crippen LogP contribution in [0.3, 0.4) is 0 Å². The molecule has 0 aliphatic rings. The van der Waals surface area contributed by atoms with Crippen molar-refractivity contribution in [1.82, 2.24) is 4.90 Å². The first-order valence-corrected chi connectivity index (χ1v) is 7.61. The molecule has 0 atom stereocenters. The summed E-state index contributed by atoms with van der Waals surface area (Å²) in [5.74, 6) is -2.76. The van der Waals surface area contributed by atoms with E-state index in [9.17, 15) is 18.0 Å². The molecular weight excluding hydrogens is 341 g/mol. The first-order chi connectivity index (χ1) is 11.4. The normalized spacial score (nSPS) is 10.9. The number of carbonyl (C=O) groups is 1. The monoisotopic (exact) mass is 356 g/mol. The average molecular weight is 357 g/mol. The van der Waals surface area contributed by atoms with E-state index in [1.54, 1.807) is 18.0 Å². The second-order valence-corrected chi connectivity index (χ2v) is 5.77. The minimum atomic E-state index is -1.03. The maximum atomic E-state index is 13.7. The van der Waals surface area contributed by atoms with E-state index in [1.807, 2.05) is 0 Å². The van der Waals surface area contributed by atoms with Crippen LogP contribution < -0.4 is 5.32 Å². The largest absolute Gasteiger partial charge is 0.326 e. The van der Waals surface area contributed by atoms with Gasteiger partial charge in [-0.3, -0.25) is 4.79 Å². The average Bonchev–Trinajstić information content (AvgIpc) is 2.53. The van der Waals surface area contributed by atoms with Crippen molar-refractivity contribution in [2.75, 3.05) is 18.9 Å². The second-order valence-electron chi connectivity index (χ2n) is 5.37. The summed E-state index contributed by atoms with van der Waals surface area (Å²) in [5.41, 5.74) is 0.543. The highest BCUT2D eigenvalue weighted by Gasteiger charge is 2.12. The Morgan fingerprint density at radius 2 is 1.88 bits per heavy atom. The van der Waals surface area contributed by atoms with Crippen LogP contribution in [0, 0.1) is 17.5 Å². The fourth-order valence-corrected chi connectivity index (χ4v) is 2.34. The molecule has 128 valence electrons. The molecule has 1 N–H and O–H groups in total. The van der Waals surface area contributed by atoms with E-state index in [4.69, 9.17) is 11.6 Å². The molecule has 0 radical (unpaired) electrons. The fraction of sp³-hybridized carbons (Fsp3) is 0.235. The Labute approximate surface area is 143 Å². The Hall–Kier alpha value is -2.05. The summed E-state index contributed by atoms with van der Waals surface area (Å²) in [7, 11) is 1.73. The van der Waals surface area contributed by atoms with Crippen molar-refractivity contribution >= 4 is 23.2 Å². The van der Waals surface area contributed by atoms with Gasteiger partial charge in [-0.15, -0.1) is 0 Å². The third-order valence-corrected chi connectivity index (χ3v) is 3.77. The lowest BCUT2D eigenvalue weighted by Crippen LogP contribution is -2.24. The van der Waals surface area contributed by atoms with Crippen LogP contribution in [0.15, 0.2) is 36.4 Å². The molecule has 2 rings (SSSR count). The fourth-order valence-electron chi connectivity index (χ4n) is 2.12. The lowest BCUT2D eigenvalue weighted by atomic mass is 10.2. The maximum absolute atomic E-state index is 13.7. The summed E-state index contributed by atoms with van der Waals surface area (Å²) in [6, 6.07) is 7.58. The smallest absolute Gasteiger partial charge is 0.225 e. The molecule has 24 heavy (non-hydrogen) atoms. The molecule has 0 saturated carbocycles. The zero-order chi connectivity index (χ0) is 17.7. The highest BCUT2D eigenvalue weighted by Crippen LogP contribution is 2.20. The van der Waals surface area contributed by atoms with E-state index < -0.39 is 17.5 Å². The molecule has 3 nitrogen and oxygen atoms in total. The Bertz CT molecular complexity index is 720. The van der Waals surface area contributed by atoms with Gasteiger partial charge >= 0.3 is 0 Å². The van der Waals surface area contributed by atoms with Crippen molar-refractivity contribution in [3.05, 3.63) is 64.4 Å². The van der Waals surface area contributed by atoms with Gasteiger partial charge in [0.2, 0.25) is 5.91 Å². The summed E-state index contributed by atoms with van der Waals surface area (Å²) in [6.07, 6.45) is 0.113. The van der Waals surface area contributed by atoms with Crippen LogP contribution in [-0.4, -0.2) is 24.4 Å². The molecule has 0 unspecified atom stereocenters. The second kappa shape index (κ2) is 8.17. The first kappa shape index (κ1) is 18.3. The molecule has 0 saturated heterocycles. The summed E-state index contributed by atoms with van der Waals surface area (Å²) in [5, 5.41) is 2.81. The topological polar surface area (TPSA) is 32.3 Å². The third-order valence-electron chi connectivity index (χ3n) is 3.41. The standard InChI is InChI=1S/C17H16ClF3N2O/c1-23(10-12-13(18)3-2-4-14(12)19)8-7-17(24)22-11-5-6-15(20)16(21)9-11/h2-6,9H,7-8,10H2,1H3,(H,22,24). The number of halogens is 4. The summed E-state index contributed by atoms with van der Waals surface area (Å²) < 4.78 is 39.6.